The first-order valence-electron chi connectivity index (χ1n) is 5.60. The molecule has 5 nitrogen and oxygen atoms in total. The van der Waals surface area contributed by atoms with E-state index in [0.29, 0.717) is 5.56 Å². The van der Waals surface area contributed by atoms with Crippen LogP contribution in [0, 0.1) is 5.92 Å². The molecule has 0 aromatic heterocycles. The Kier molecular flexibility index (Phi) is 3.06. The maximum Gasteiger partial charge on any atom is 0.306 e. The lowest BCUT2D eigenvalue weighted by molar-refractivity contribution is -0.141. The summed E-state index contributed by atoms with van der Waals surface area (Å²) >= 11 is 0. The molecule has 0 bridgehead atoms. The molecule has 18 heavy (non-hydrogen) atoms. The lowest BCUT2D eigenvalue weighted by Gasteiger charge is -2.13. The first-order chi connectivity index (χ1) is 8.33. The summed E-state index contributed by atoms with van der Waals surface area (Å²) in [4.78, 5) is 11.0. The number of phenols is 1. The van der Waals surface area contributed by atoms with E-state index in [-0.39, 0.29) is 22.8 Å². The lowest BCUT2D eigenvalue weighted by Crippen LogP contribution is -2.15. The number of carboxylic acid groups (broad SMARTS) is 1. The van der Waals surface area contributed by atoms with Crippen LogP contribution < -0.4 is 0 Å². The Morgan fingerprint density at radius 2 is 2.17 bits per heavy atom. The first-order valence-corrected chi connectivity index (χ1v) is 7.25. The molecule has 98 valence electrons. The van der Waals surface area contributed by atoms with Crippen LogP contribution in [0.2, 0.25) is 0 Å². The molecule has 0 saturated carbocycles. The SMILES string of the molecule is CC(CC1CS(=O)(=O)c2cccc(O)c21)C(=O)O. The second kappa shape index (κ2) is 4.28. The van der Waals surface area contributed by atoms with E-state index in [1.807, 2.05) is 0 Å². The van der Waals surface area contributed by atoms with Gasteiger partial charge in [0.25, 0.3) is 0 Å². The number of rotatable bonds is 3. The minimum atomic E-state index is -3.40. The summed E-state index contributed by atoms with van der Waals surface area (Å²) in [6.07, 6.45) is 0.207. The van der Waals surface area contributed by atoms with E-state index in [0.717, 1.165) is 0 Å². The summed E-state index contributed by atoms with van der Waals surface area (Å²) < 4.78 is 23.8. The number of carboxylic acids is 1. The smallest absolute Gasteiger partial charge is 0.306 e. The summed E-state index contributed by atoms with van der Waals surface area (Å²) in [5.41, 5.74) is 0.366. The number of hydrogen-bond acceptors (Lipinski definition) is 4. The molecule has 2 N–H and O–H groups in total. The Balaban J connectivity index is 2.42. The number of fused-ring (bicyclic) bond motifs is 1. The van der Waals surface area contributed by atoms with Crippen molar-refractivity contribution < 1.29 is 23.4 Å². The topological polar surface area (TPSA) is 91.7 Å². The number of aromatic hydroxyl groups is 1. The normalized spacial score (nSPS) is 22.4. The third kappa shape index (κ3) is 2.08. The number of aliphatic carboxylic acids is 1. The van der Waals surface area contributed by atoms with Crippen molar-refractivity contribution in [3.63, 3.8) is 0 Å². The van der Waals surface area contributed by atoms with Gasteiger partial charge >= 0.3 is 5.97 Å². The number of carbonyl (C=O) groups is 1. The molecule has 1 aromatic carbocycles. The van der Waals surface area contributed by atoms with Crippen molar-refractivity contribution in [3.05, 3.63) is 23.8 Å². The zero-order valence-electron chi connectivity index (χ0n) is 9.83. The van der Waals surface area contributed by atoms with Gasteiger partial charge in [-0.1, -0.05) is 13.0 Å². The number of benzene rings is 1. The summed E-state index contributed by atoms with van der Waals surface area (Å²) in [5.74, 6) is -2.25. The van der Waals surface area contributed by atoms with Crippen molar-refractivity contribution in [1.29, 1.82) is 0 Å². The second-order valence-corrected chi connectivity index (χ2v) is 6.64. The van der Waals surface area contributed by atoms with Crippen LogP contribution in [-0.2, 0) is 14.6 Å². The highest BCUT2D eigenvalue weighted by molar-refractivity contribution is 7.91. The van der Waals surface area contributed by atoms with Gasteiger partial charge in [-0.25, -0.2) is 8.42 Å². The number of phenolic OH excluding ortho intramolecular Hbond substituents is 1. The minimum absolute atomic E-state index is 0.0730. The Morgan fingerprint density at radius 1 is 1.50 bits per heavy atom. The zero-order chi connectivity index (χ0) is 13.5. The van der Waals surface area contributed by atoms with E-state index in [9.17, 15) is 18.3 Å². The highest BCUT2D eigenvalue weighted by Gasteiger charge is 2.38. The van der Waals surface area contributed by atoms with Crippen molar-refractivity contribution in [2.75, 3.05) is 5.75 Å². The lowest BCUT2D eigenvalue weighted by atomic mass is 9.91. The molecule has 0 aliphatic carbocycles. The van der Waals surface area contributed by atoms with Crippen LogP contribution in [0.4, 0.5) is 0 Å². The summed E-state index contributed by atoms with van der Waals surface area (Å²) in [6, 6.07) is 4.36. The van der Waals surface area contributed by atoms with Crippen molar-refractivity contribution in [2.45, 2.75) is 24.2 Å². The van der Waals surface area contributed by atoms with Crippen molar-refractivity contribution in [2.24, 2.45) is 5.92 Å². The van der Waals surface area contributed by atoms with Gasteiger partial charge in [0, 0.05) is 11.5 Å². The fourth-order valence-electron chi connectivity index (χ4n) is 2.37. The molecule has 6 heteroatoms. The monoisotopic (exact) mass is 270 g/mol. The molecule has 0 radical (unpaired) electrons. The zero-order valence-corrected chi connectivity index (χ0v) is 10.6. The van der Waals surface area contributed by atoms with Crippen LogP contribution in [0.5, 0.6) is 5.75 Å². The van der Waals surface area contributed by atoms with Crippen LogP contribution in [0.3, 0.4) is 0 Å². The van der Waals surface area contributed by atoms with Crippen LogP contribution >= 0.6 is 0 Å². The molecule has 2 unspecified atom stereocenters. The van der Waals surface area contributed by atoms with Gasteiger partial charge in [0.2, 0.25) is 0 Å². The predicted molar refractivity (Wildman–Crippen MR) is 64.3 cm³/mol. The van der Waals surface area contributed by atoms with Gasteiger partial charge in [-0.05, 0) is 18.6 Å². The quantitative estimate of drug-likeness (QED) is 0.865. The highest BCUT2D eigenvalue weighted by atomic mass is 32.2. The van der Waals surface area contributed by atoms with Crippen LogP contribution in [0.15, 0.2) is 23.1 Å². The molecule has 1 aromatic rings. The average Bonchev–Trinajstić information content (AvgIpc) is 2.51. The standard InChI is InChI=1S/C12H14O5S/c1-7(12(14)15)5-8-6-18(16,17)10-4-2-3-9(13)11(8)10/h2-4,7-8,13H,5-6H2,1H3,(H,14,15). The minimum Gasteiger partial charge on any atom is -0.508 e. The highest BCUT2D eigenvalue weighted by Crippen LogP contribution is 2.43. The van der Waals surface area contributed by atoms with E-state index in [4.69, 9.17) is 5.11 Å². The van der Waals surface area contributed by atoms with Gasteiger partial charge < -0.3 is 10.2 Å². The van der Waals surface area contributed by atoms with E-state index in [1.54, 1.807) is 0 Å². The largest absolute Gasteiger partial charge is 0.508 e. The molecule has 0 amide bonds. The van der Waals surface area contributed by atoms with E-state index >= 15 is 0 Å². The third-order valence-electron chi connectivity index (χ3n) is 3.27. The van der Waals surface area contributed by atoms with Gasteiger partial charge in [0.05, 0.1) is 16.6 Å². The van der Waals surface area contributed by atoms with E-state index in [2.05, 4.69) is 0 Å². The fraction of sp³-hybridized carbons (Fsp3) is 0.417. The summed E-state index contributed by atoms with van der Waals surface area (Å²) in [7, 11) is -3.40. The maximum absolute atomic E-state index is 11.9. The third-order valence-corrected chi connectivity index (χ3v) is 5.13. The molecule has 1 aliphatic heterocycles. The average molecular weight is 270 g/mol. The van der Waals surface area contributed by atoms with Gasteiger partial charge in [0.15, 0.2) is 9.84 Å². The fourth-order valence-corrected chi connectivity index (χ4v) is 4.27. The van der Waals surface area contributed by atoms with Gasteiger partial charge in [0.1, 0.15) is 5.75 Å². The number of hydrogen-bond donors (Lipinski definition) is 2. The van der Waals surface area contributed by atoms with Gasteiger partial charge in [-0.2, -0.15) is 0 Å². The van der Waals surface area contributed by atoms with E-state index in [1.165, 1.54) is 25.1 Å². The van der Waals surface area contributed by atoms with Gasteiger partial charge in [-0.3, -0.25) is 4.79 Å². The maximum atomic E-state index is 11.9. The molecule has 2 rings (SSSR count). The molecular formula is C12H14O5S. The van der Waals surface area contributed by atoms with Crippen LogP contribution in [-0.4, -0.2) is 30.4 Å². The van der Waals surface area contributed by atoms with Crippen molar-refractivity contribution >= 4 is 15.8 Å². The predicted octanol–water partition coefficient (Wildman–Crippen LogP) is 1.37. The van der Waals surface area contributed by atoms with Gasteiger partial charge in [-0.15, -0.1) is 0 Å². The molecule has 1 heterocycles. The second-order valence-electron chi connectivity index (χ2n) is 4.64. The molecular weight excluding hydrogens is 256 g/mol. The summed E-state index contributed by atoms with van der Waals surface area (Å²) in [5, 5.41) is 18.7. The molecule has 1 aliphatic rings. The van der Waals surface area contributed by atoms with Crippen LogP contribution in [0.1, 0.15) is 24.8 Å². The summed E-state index contributed by atoms with van der Waals surface area (Å²) in [6.45, 7) is 1.53. The molecule has 2 atom stereocenters. The Morgan fingerprint density at radius 3 is 2.78 bits per heavy atom. The van der Waals surface area contributed by atoms with Crippen LogP contribution in [0.25, 0.3) is 0 Å². The van der Waals surface area contributed by atoms with Crippen molar-refractivity contribution in [3.8, 4) is 5.75 Å². The Bertz CT molecular complexity index is 590. The van der Waals surface area contributed by atoms with Crippen molar-refractivity contribution in [1.82, 2.24) is 0 Å². The molecule has 0 spiro atoms. The Hall–Kier alpha value is -1.56. The first kappa shape index (κ1) is 12.9. The molecule has 0 saturated heterocycles. The number of sulfone groups is 1. The molecule has 0 fully saturated rings. The van der Waals surface area contributed by atoms with E-state index < -0.39 is 27.6 Å². The Labute approximate surface area is 105 Å².